The summed E-state index contributed by atoms with van der Waals surface area (Å²) in [6.07, 6.45) is 3.68. The monoisotopic (exact) mass is 404 g/mol. The third kappa shape index (κ3) is 3.25. The van der Waals surface area contributed by atoms with E-state index in [9.17, 15) is 4.79 Å². The summed E-state index contributed by atoms with van der Waals surface area (Å²) in [4.78, 5) is 25.6. The molecule has 6 nitrogen and oxygen atoms in total. The van der Waals surface area contributed by atoms with Crippen LogP contribution in [0.5, 0.6) is 5.75 Å². The molecule has 3 aromatic rings. The highest BCUT2D eigenvalue weighted by molar-refractivity contribution is 5.86. The van der Waals surface area contributed by atoms with Crippen LogP contribution in [0.2, 0.25) is 0 Å². The molecule has 0 aliphatic carbocycles. The number of aromatic amines is 1. The SMILES string of the molecule is COc1ccc2[nH]c(CN3CCC4(CCN(Cc5ccccn5)C4=O)C3)c(C)c2c1. The van der Waals surface area contributed by atoms with Crippen molar-refractivity contribution in [1.29, 1.82) is 0 Å². The Labute approximate surface area is 176 Å². The maximum Gasteiger partial charge on any atom is 0.230 e. The van der Waals surface area contributed by atoms with Gasteiger partial charge in [-0.3, -0.25) is 14.7 Å². The number of aryl methyl sites for hydroxylation is 1. The molecule has 2 fully saturated rings. The van der Waals surface area contributed by atoms with Gasteiger partial charge < -0.3 is 14.6 Å². The van der Waals surface area contributed by atoms with E-state index in [1.54, 1.807) is 13.3 Å². The summed E-state index contributed by atoms with van der Waals surface area (Å²) in [5, 5.41) is 1.21. The van der Waals surface area contributed by atoms with Gasteiger partial charge in [-0.2, -0.15) is 0 Å². The van der Waals surface area contributed by atoms with E-state index in [0.717, 1.165) is 56.0 Å². The molecule has 5 rings (SSSR count). The number of carbonyl (C=O) groups is 1. The summed E-state index contributed by atoms with van der Waals surface area (Å²) < 4.78 is 5.38. The highest BCUT2D eigenvalue weighted by atomic mass is 16.5. The van der Waals surface area contributed by atoms with E-state index in [0.29, 0.717) is 12.5 Å². The summed E-state index contributed by atoms with van der Waals surface area (Å²) in [5.41, 5.74) is 4.36. The van der Waals surface area contributed by atoms with Crippen LogP contribution < -0.4 is 4.74 Å². The first-order chi connectivity index (χ1) is 14.6. The number of pyridine rings is 1. The van der Waals surface area contributed by atoms with Crippen LogP contribution in [0, 0.1) is 12.3 Å². The Morgan fingerprint density at radius 3 is 2.83 bits per heavy atom. The van der Waals surface area contributed by atoms with Crippen molar-refractivity contribution in [3.05, 3.63) is 59.5 Å². The van der Waals surface area contributed by atoms with Crippen molar-refractivity contribution in [3.8, 4) is 5.75 Å². The third-order valence-electron chi connectivity index (χ3n) is 6.86. The summed E-state index contributed by atoms with van der Waals surface area (Å²) >= 11 is 0. The van der Waals surface area contributed by atoms with E-state index in [1.165, 1.54) is 16.6 Å². The minimum Gasteiger partial charge on any atom is -0.497 e. The van der Waals surface area contributed by atoms with Crippen molar-refractivity contribution in [2.45, 2.75) is 32.9 Å². The zero-order valence-corrected chi connectivity index (χ0v) is 17.6. The fourth-order valence-electron chi connectivity index (χ4n) is 5.07. The number of benzene rings is 1. The first-order valence-corrected chi connectivity index (χ1v) is 10.6. The molecule has 1 aromatic carbocycles. The van der Waals surface area contributed by atoms with Crippen LogP contribution >= 0.6 is 0 Å². The van der Waals surface area contributed by atoms with Crippen molar-refractivity contribution in [2.24, 2.45) is 5.41 Å². The van der Waals surface area contributed by atoms with Gasteiger partial charge in [-0.15, -0.1) is 0 Å². The van der Waals surface area contributed by atoms with Crippen LogP contribution in [0.4, 0.5) is 0 Å². The molecular formula is C24H28N4O2. The van der Waals surface area contributed by atoms with Gasteiger partial charge in [-0.05, 0) is 62.2 Å². The molecule has 1 amide bonds. The maximum atomic E-state index is 13.3. The lowest BCUT2D eigenvalue weighted by Crippen LogP contribution is -2.36. The summed E-state index contributed by atoms with van der Waals surface area (Å²) in [6.45, 7) is 6.25. The van der Waals surface area contributed by atoms with Gasteiger partial charge in [-0.25, -0.2) is 0 Å². The van der Waals surface area contributed by atoms with Gasteiger partial charge in [0.05, 0.1) is 24.8 Å². The highest BCUT2D eigenvalue weighted by Gasteiger charge is 2.50. The van der Waals surface area contributed by atoms with E-state index >= 15 is 0 Å². The summed E-state index contributed by atoms with van der Waals surface area (Å²) in [5.74, 6) is 1.18. The molecule has 0 saturated carbocycles. The lowest BCUT2D eigenvalue weighted by atomic mass is 9.85. The first-order valence-electron chi connectivity index (χ1n) is 10.6. The average molecular weight is 405 g/mol. The van der Waals surface area contributed by atoms with Crippen molar-refractivity contribution in [1.82, 2.24) is 19.8 Å². The number of nitrogens with one attached hydrogen (secondary N) is 1. The molecule has 2 aliphatic rings. The van der Waals surface area contributed by atoms with Gasteiger partial charge in [0.25, 0.3) is 0 Å². The topological polar surface area (TPSA) is 61.5 Å². The van der Waals surface area contributed by atoms with Crippen molar-refractivity contribution in [2.75, 3.05) is 26.7 Å². The minimum absolute atomic E-state index is 0.224. The third-order valence-corrected chi connectivity index (χ3v) is 6.86. The number of hydrogen-bond acceptors (Lipinski definition) is 4. The van der Waals surface area contributed by atoms with Crippen LogP contribution in [0.15, 0.2) is 42.6 Å². The fourth-order valence-corrected chi connectivity index (χ4v) is 5.07. The summed E-state index contributed by atoms with van der Waals surface area (Å²) in [7, 11) is 1.70. The number of carbonyl (C=O) groups excluding carboxylic acids is 1. The molecule has 30 heavy (non-hydrogen) atoms. The van der Waals surface area contributed by atoms with Crippen molar-refractivity contribution in [3.63, 3.8) is 0 Å². The molecule has 2 aromatic heterocycles. The van der Waals surface area contributed by atoms with E-state index < -0.39 is 0 Å². The minimum atomic E-state index is -0.224. The molecule has 2 aliphatic heterocycles. The number of hydrogen-bond donors (Lipinski definition) is 1. The predicted octanol–water partition coefficient (Wildman–Crippen LogP) is 3.50. The molecule has 0 radical (unpaired) electrons. The molecule has 1 unspecified atom stereocenters. The van der Waals surface area contributed by atoms with Gasteiger partial charge in [0.1, 0.15) is 5.75 Å². The molecule has 1 atom stereocenters. The Morgan fingerprint density at radius 2 is 2.03 bits per heavy atom. The normalized spacial score (nSPS) is 21.9. The molecule has 156 valence electrons. The van der Waals surface area contributed by atoms with Gasteiger partial charge in [0, 0.05) is 42.4 Å². The predicted molar refractivity (Wildman–Crippen MR) is 116 cm³/mol. The smallest absolute Gasteiger partial charge is 0.230 e. The number of methoxy groups -OCH3 is 1. The standard InChI is InChI=1S/C24H28N4O2/c1-17-20-13-19(30-2)6-7-21(20)26-22(17)15-27-11-8-24(16-27)9-12-28(23(24)29)14-18-5-3-4-10-25-18/h3-7,10,13,26H,8-9,11-12,14-16H2,1-2H3. The second-order valence-electron chi connectivity index (χ2n) is 8.68. The van der Waals surface area contributed by atoms with E-state index in [1.807, 2.05) is 29.2 Å². The molecule has 1 N–H and O–H groups in total. The molecule has 2 saturated heterocycles. The van der Waals surface area contributed by atoms with E-state index in [2.05, 4.69) is 33.9 Å². The molecule has 4 heterocycles. The van der Waals surface area contributed by atoms with Gasteiger partial charge >= 0.3 is 0 Å². The number of likely N-dealkylation sites (tertiary alicyclic amines) is 2. The van der Waals surface area contributed by atoms with E-state index in [4.69, 9.17) is 4.74 Å². The van der Waals surface area contributed by atoms with Crippen LogP contribution in [0.25, 0.3) is 10.9 Å². The Kier molecular flexibility index (Phi) is 4.74. The quantitative estimate of drug-likeness (QED) is 0.707. The summed E-state index contributed by atoms with van der Waals surface area (Å²) in [6, 6.07) is 12.0. The zero-order chi connectivity index (χ0) is 20.7. The number of H-pyrrole nitrogens is 1. The molecule has 0 bridgehead atoms. The van der Waals surface area contributed by atoms with Crippen molar-refractivity contribution < 1.29 is 9.53 Å². The number of fused-ring (bicyclic) bond motifs is 1. The Morgan fingerprint density at radius 1 is 1.17 bits per heavy atom. The number of nitrogens with zero attached hydrogens (tertiary/aromatic N) is 3. The second kappa shape index (κ2) is 7.43. The fraction of sp³-hybridized carbons (Fsp3) is 0.417. The Bertz CT molecular complexity index is 1080. The lowest BCUT2D eigenvalue weighted by molar-refractivity contribution is -0.136. The molecule has 6 heteroatoms. The largest absolute Gasteiger partial charge is 0.497 e. The maximum absolute atomic E-state index is 13.3. The number of ether oxygens (including phenoxy) is 1. The Balaban J connectivity index is 1.29. The highest BCUT2D eigenvalue weighted by Crippen LogP contribution is 2.41. The number of aromatic nitrogens is 2. The van der Waals surface area contributed by atoms with Gasteiger partial charge in [0.15, 0.2) is 0 Å². The van der Waals surface area contributed by atoms with Crippen molar-refractivity contribution >= 4 is 16.8 Å². The first kappa shape index (κ1) is 19.1. The number of rotatable bonds is 5. The molecule has 1 spiro atoms. The zero-order valence-electron chi connectivity index (χ0n) is 17.6. The van der Waals surface area contributed by atoms with E-state index in [-0.39, 0.29) is 5.41 Å². The average Bonchev–Trinajstić information content (AvgIpc) is 3.42. The van der Waals surface area contributed by atoms with Gasteiger partial charge in [0.2, 0.25) is 5.91 Å². The van der Waals surface area contributed by atoms with Crippen LogP contribution in [-0.4, -0.2) is 52.4 Å². The van der Waals surface area contributed by atoms with Crippen LogP contribution in [-0.2, 0) is 17.9 Å². The molecular weight excluding hydrogens is 376 g/mol. The van der Waals surface area contributed by atoms with Gasteiger partial charge in [-0.1, -0.05) is 6.07 Å². The Hall–Kier alpha value is -2.86. The second-order valence-corrected chi connectivity index (χ2v) is 8.68. The lowest BCUT2D eigenvalue weighted by Gasteiger charge is -2.23. The van der Waals surface area contributed by atoms with Crippen LogP contribution in [0.3, 0.4) is 0 Å². The van der Waals surface area contributed by atoms with Crippen LogP contribution in [0.1, 0.15) is 29.8 Å². The number of amides is 1.